The largest absolute Gasteiger partial charge is 0.394 e. The Morgan fingerprint density at radius 2 is 2.33 bits per heavy atom. The van der Waals surface area contributed by atoms with Crippen LogP contribution < -0.4 is 10.2 Å². The number of halogens is 1. The minimum atomic E-state index is -0.364. The highest BCUT2D eigenvalue weighted by Gasteiger charge is 2.34. The van der Waals surface area contributed by atoms with E-state index in [-0.39, 0.29) is 18.3 Å². The van der Waals surface area contributed by atoms with E-state index in [4.69, 9.17) is 16.3 Å². The second-order valence-corrected chi connectivity index (χ2v) is 6.26. The van der Waals surface area contributed by atoms with Crippen LogP contribution in [-0.4, -0.2) is 53.0 Å². The first-order valence-electron chi connectivity index (χ1n) is 7.25. The lowest BCUT2D eigenvalue weighted by Crippen LogP contribution is -2.54. The lowest BCUT2D eigenvalue weighted by atomic mass is 10.1. The molecule has 1 atom stereocenters. The summed E-state index contributed by atoms with van der Waals surface area (Å²) < 4.78 is 5.82. The summed E-state index contributed by atoms with van der Waals surface area (Å²) >= 11 is 6.25. The normalized spacial score (nSPS) is 21.4. The molecule has 6 nitrogen and oxygen atoms in total. The van der Waals surface area contributed by atoms with Gasteiger partial charge in [0, 0.05) is 19.6 Å². The maximum atomic E-state index is 9.40. The van der Waals surface area contributed by atoms with Gasteiger partial charge in [0.25, 0.3) is 0 Å². The van der Waals surface area contributed by atoms with E-state index in [9.17, 15) is 5.11 Å². The number of rotatable bonds is 5. The highest BCUT2D eigenvalue weighted by Crippen LogP contribution is 2.29. The number of anilines is 2. The zero-order valence-corrected chi connectivity index (χ0v) is 13.5. The van der Waals surface area contributed by atoms with Crippen LogP contribution in [0, 0.1) is 0 Å². The van der Waals surface area contributed by atoms with Gasteiger partial charge >= 0.3 is 0 Å². The second-order valence-electron chi connectivity index (χ2n) is 5.85. The number of nitrogens with one attached hydrogen (secondary N) is 1. The van der Waals surface area contributed by atoms with E-state index < -0.39 is 0 Å². The third-order valence-electron chi connectivity index (χ3n) is 3.24. The van der Waals surface area contributed by atoms with Gasteiger partial charge in [-0.1, -0.05) is 18.5 Å². The van der Waals surface area contributed by atoms with Crippen LogP contribution in [0.1, 0.15) is 27.2 Å². The third-order valence-corrected chi connectivity index (χ3v) is 3.51. The van der Waals surface area contributed by atoms with Crippen LogP contribution in [0.2, 0.25) is 5.02 Å². The Balaban J connectivity index is 2.22. The fourth-order valence-corrected chi connectivity index (χ4v) is 2.66. The molecular weight excluding hydrogens is 292 g/mol. The van der Waals surface area contributed by atoms with Gasteiger partial charge in [-0.25, -0.2) is 4.98 Å². The average molecular weight is 315 g/mol. The van der Waals surface area contributed by atoms with Crippen molar-refractivity contribution in [2.75, 3.05) is 36.5 Å². The monoisotopic (exact) mass is 314 g/mol. The van der Waals surface area contributed by atoms with Gasteiger partial charge in [-0.05, 0) is 20.3 Å². The summed E-state index contributed by atoms with van der Waals surface area (Å²) in [6, 6.07) is 0. The van der Waals surface area contributed by atoms with Crippen molar-refractivity contribution >= 4 is 23.4 Å². The molecule has 1 aliphatic rings. The summed E-state index contributed by atoms with van der Waals surface area (Å²) in [6.45, 7) is 8.08. The van der Waals surface area contributed by atoms with E-state index >= 15 is 0 Å². The van der Waals surface area contributed by atoms with Gasteiger partial charge in [0.2, 0.25) is 5.95 Å². The molecule has 1 aromatic heterocycles. The second kappa shape index (κ2) is 6.77. The van der Waals surface area contributed by atoms with Crippen LogP contribution in [0.3, 0.4) is 0 Å². The summed E-state index contributed by atoms with van der Waals surface area (Å²) in [5, 5.41) is 13.1. The van der Waals surface area contributed by atoms with E-state index in [2.05, 4.69) is 22.2 Å². The molecule has 1 fully saturated rings. The van der Waals surface area contributed by atoms with Gasteiger partial charge in [-0.3, -0.25) is 0 Å². The lowest BCUT2D eigenvalue weighted by Gasteiger charge is -2.43. The first kappa shape index (κ1) is 16.3. The maximum absolute atomic E-state index is 9.40. The molecule has 0 bridgehead atoms. The van der Waals surface area contributed by atoms with Crippen molar-refractivity contribution in [3.05, 3.63) is 11.2 Å². The number of morpholine rings is 1. The van der Waals surface area contributed by atoms with Crippen molar-refractivity contribution in [3.63, 3.8) is 0 Å². The van der Waals surface area contributed by atoms with Gasteiger partial charge < -0.3 is 20.1 Å². The summed E-state index contributed by atoms with van der Waals surface area (Å²) in [5.74, 6) is 1.25. The third kappa shape index (κ3) is 4.18. The molecule has 1 aromatic rings. The van der Waals surface area contributed by atoms with Crippen LogP contribution >= 0.6 is 11.6 Å². The first-order chi connectivity index (χ1) is 9.95. The van der Waals surface area contributed by atoms with Crippen LogP contribution in [0.4, 0.5) is 11.8 Å². The minimum Gasteiger partial charge on any atom is -0.394 e. The van der Waals surface area contributed by atoms with E-state index in [0.29, 0.717) is 29.9 Å². The Bertz CT molecular complexity index is 484. The molecule has 118 valence electrons. The number of ether oxygens (including phenoxy) is 1. The van der Waals surface area contributed by atoms with E-state index in [1.54, 1.807) is 6.20 Å². The van der Waals surface area contributed by atoms with Gasteiger partial charge in [0.05, 0.1) is 24.5 Å². The van der Waals surface area contributed by atoms with Crippen molar-refractivity contribution in [1.29, 1.82) is 0 Å². The van der Waals surface area contributed by atoms with Crippen molar-refractivity contribution in [2.24, 2.45) is 0 Å². The Morgan fingerprint density at radius 1 is 1.57 bits per heavy atom. The number of aliphatic hydroxyl groups excluding tert-OH is 1. The molecule has 2 rings (SSSR count). The molecule has 1 aliphatic heterocycles. The summed E-state index contributed by atoms with van der Waals surface area (Å²) in [4.78, 5) is 10.7. The zero-order valence-electron chi connectivity index (χ0n) is 12.8. The fourth-order valence-electron chi connectivity index (χ4n) is 2.45. The topological polar surface area (TPSA) is 70.5 Å². The Hall–Kier alpha value is -1.11. The SMILES string of the molecule is CCCNc1ncc(Cl)c(N2CC(CO)OC(C)(C)C2)n1. The standard InChI is InChI=1S/C14H23ClN4O2/c1-4-5-16-13-17-6-11(15)12(18-13)19-7-10(8-20)21-14(2,3)9-19/h6,10,20H,4-5,7-9H2,1-3H3,(H,16,17,18). The summed E-state index contributed by atoms with van der Waals surface area (Å²) in [6.07, 6.45) is 2.36. The number of aliphatic hydroxyl groups is 1. The Morgan fingerprint density at radius 3 is 3.00 bits per heavy atom. The maximum Gasteiger partial charge on any atom is 0.224 e. The van der Waals surface area contributed by atoms with Crippen LogP contribution in [-0.2, 0) is 4.74 Å². The Kier molecular flexibility index (Phi) is 5.24. The molecule has 0 saturated carbocycles. The fraction of sp³-hybridized carbons (Fsp3) is 0.714. The molecule has 0 spiro atoms. The van der Waals surface area contributed by atoms with Gasteiger partial charge in [-0.2, -0.15) is 4.98 Å². The van der Waals surface area contributed by atoms with E-state index in [1.165, 1.54) is 0 Å². The molecule has 0 aliphatic carbocycles. The zero-order chi connectivity index (χ0) is 15.5. The predicted octanol–water partition coefficient (Wildman–Crippen LogP) is 1.93. The van der Waals surface area contributed by atoms with Crippen LogP contribution in [0.15, 0.2) is 6.20 Å². The predicted molar refractivity (Wildman–Crippen MR) is 84.1 cm³/mol. The minimum absolute atomic E-state index is 0.0242. The average Bonchev–Trinajstić information content (AvgIpc) is 2.44. The van der Waals surface area contributed by atoms with Crippen molar-refractivity contribution in [1.82, 2.24) is 9.97 Å². The smallest absolute Gasteiger partial charge is 0.224 e. The summed E-state index contributed by atoms with van der Waals surface area (Å²) in [7, 11) is 0. The molecule has 1 unspecified atom stereocenters. The van der Waals surface area contributed by atoms with Crippen molar-refractivity contribution in [3.8, 4) is 0 Å². The molecular formula is C14H23ClN4O2. The number of nitrogens with zero attached hydrogens (tertiary/aromatic N) is 3. The van der Waals surface area contributed by atoms with Crippen molar-refractivity contribution < 1.29 is 9.84 Å². The number of hydrogen-bond acceptors (Lipinski definition) is 6. The molecule has 2 N–H and O–H groups in total. The highest BCUT2D eigenvalue weighted by molar-refractivity contribution is 6.32. The number of aromatic nitrogens is 2. The highest BCUT2D eigenvalue weighted by atomic mass is 35.5. The first-order valence-corrected chi connectivity index (χ1v) is 7.63. The molecule has 0 amide bonds. The van der Waals surface area contributed by atoms with E-state index in [1.807, 2.05) is 18.7 Å². The van der Waals surface area contributed by atoms with Crippen LogP contribution in [0.5, 0.6) is 0 Å². The summed E-state index contributed by atoms with van der Waals surface area (Å²) in [5.41, 5.74) is -0.364. The molecule has 0 radical (unpaired) electrons. The quantitative estimate of drug-likeness (QED) is 0.865. The molecule has 7 heteroatoms. The van der Waals surface area contributed by atoms with Gasteiger partial charge in [-0.15, -0.1) is 0 Å². The number of hydrogen-bond donors (Lipinski definition) is 2. The van der Waals surface area contributed by atoms with Crippen LogP contribution in [0.25, 0.3) is 0 Å². The molecule has 0 aromatic carbocycles. The van der Waals surface area contributed by atoms with Gasteiger partial charge in [0.15, 0.2) is 5.82 Å². The molecule has 21 heavy (non-hydrogen) atoms. The van der Waals surface area contributed by atoms with Crippen molar-refractivity contribution in [2.45, 2.75) is 38.9 Å². The van der Waals surface area contributed by atoms with E-state index in [0.717, 1.165) is 13.0 Å². The molecule has 2 heterocycles. The Labute approximate surface area is 130 Å². The van der Waals surface area contributed by atoms with Gasteiger partial charge in [0.1, 0.15) is 5.02 Å². The lowest BCUT2D eigenvalue weighted by molar-refractivity contribution is -0.101. The molecule has 1 saturated heterocycles.